The fourth-order valence-electron chi connectivity index (χ4n) is 3.22. The molecule has 1 aliphatic heterocycles. The minimum absolute atomic E-state index is 0.222. The standard InChI is InChI=1S/C20H23BN2O4S/c1-14-8-10-15(11-9-14)28(24,25)23-13-16(18-17(23)7-6-12-22-18)21-26-19(2,3)20(4,5)27-21/h6-13H,1-5H3. The number of aryl methyl sites for hydroxylation is 1. The van der Waals surface area contributed by atoms with E-state index < -0.39 is 28.3 Å². The predicted octanol–water partition coefficient (Wildman–Crippen LogP) is 2.88. The van der Waals surface area contributed by atoms with Crippen LogP contribution in [0.2, 0.25) is 0 Å². The molecule has 0 aliphatic carbocycles. The highest BCUT2D eigenvalue weighted by molar-refractivity contribution is 7.90. The summed E-state index contributed by atoms with van der Waals surface area (Å²) in [7, 11) is -4.48. The molecule has 0 bridgehead atoms. The summed E-state index contributed by atoms with van der Waals surface area (Å²) >= 11 is 0. The van der Waals surface area contributed by atoms with E-state index in [0.29, 0.717) is 16.5 Å². The maximum Gasteiger partial charge on any atom is 0.498 e. The lowest BCUT2D eigenvalue weighted by Gasteiger charge is -2.32. The van der Waals surface area contributed by atoms with Crippen LogP contribution >= 0.6 is 0 Å². The van der Waals surface area contributed by atoms with Gasteiger partial charge in [-0.15, -0.1) is 0 Å². The van der Waals surface area contributed by atoms with Crippen LogP contribution in [-0.4, -0.2) is 35.7 Å². The lowest BCUT2D eigenvalue weighted by Crippen LogP contribution is -2.41. The number of rotatable bonds is 3. The van der Waals surface area contributed by atoms with E-state index >= 15 is 0 Å². The van der Waals surface area contributed by atoms with E-state index in [1.165, 1.54) is 3.97 Å². The molecule has 0 spiro atoms. The molecular weight excluding hydrogens is 375 g/mol. The van der Waals surface area contributed by atoms with Gasteiger partial charge in [0.1, 0.15) is 0 Å². The zero-order chi connectivity index (χ0) is 20.3. The summed E-state index contributed by atoms with van der Waals surface area (Å²) in [6, 6.07) is 10.3. The van der Waals surface area contributed by atoms with Gasteiger partial charge in [-0.2, -0.15) is 0 Å². The van der Waals surface area contributed by atoms with E-state index in [1.807, 2.05) is 34.6 Å². The normalized spacial score (nSPS) is 18.7. The molecule has 8 heteroatoms. The third-order valence-corrected chi connectivity index (χ3v) is 7.33. The van der Waals surface area contributed by atoms with Gasteiger partial charge in [0, 0.05) is 17.9 Å². The Balaban J connectivity index is 1.88. The van der Waals surface area contributed by atoms with Crippen LogP contribution in [0, 0.1) is 6.92 Å². The van der Waals surface area contributed by atoms with Crippen molar-refractivity contribution in [2.24, 2.45) is 0 Å². The number of hydrogen-bond donors (Lipinski definition) is 0. The second-order valence-electron chi connectivity index (χ2n) is 8.16. The van der Waals surface area contributed by atoms with Crippen LogP contribution in [0.3, 0.4) is 0 Å². The van der Waals surface area contributed by atoms with E-state index in [4.69, 9.17) is 9.31 Å². The van der Waals surface area contributed by atoms with Gasteiger partial charge in [0.15, 0.2) is 0 Å². The van der Waals surface area contributed by atoms with Crippen LogP contribution in [0.5, 0.6) is 0 Å². The summed E-state index contributed by atoms with van der Waals surface area (Å²) in [5.74, 6) is 0. The molecule has 1 aliphatic rings. The van der Waals surface area contributed by atoms with E-state index in [-0.39, 0.29) is 4.90 Å². The van der Waals surface area contributed by atoms with Gasteiger partial charge in [0.25, 0.3) is 10.0 Å². The minimum Gasteiger partial charge on any atom is -0.399 e. The molecule has 4 rings (SSSR count). The van der Waals surface area contributed by atoms with Gasteiger partial charge in [-0.25, -0.2) is 12.4 Å². The molecule has 0 radical (unpaired) electrons. The molecule has 0 amide bonds. The Morgan fingerprint density at radius 3 is 2.21 bits per heavy atom. The minimum atomic E-state index is -3.78. The molecule has 3 aromatic rings. The van der Waals surface area contributed by atoms with Crippen LogP contribution in [0.4, 0.5) is 0 Å². The maximum atomic E-state index is 13.3. The molecule has 1 fully saturated rings. The Morgan fingerprint density at radius 2 is 1.61 bits per heavy atom. The smallest absolute Gasteiger partial charge is 0.399 e. The molecule has 146 valence electrons. The van der Waals surface area contributed by atoms with Crippen molar-refractivity contribution in [2.45, 2.75) is 50.7 Å². The number of fused-ring (bicyclic) bond motifs is 1. The highest BCUT2D eigenvalue weighted by atomic mass is 32.2. The molecule has 2 aromatic heterocycles. The highest BCUT2D eigenvalue weighted by Crippen LogP contribution is 2.37. The van der Waals surface area contributed by atoms with Gasteiger partial charge < -0.3 is 9.31 Å². The summed E-state index contributed by atoms with van der Waals surface area (Å²) in [6.07, 6.45) is 3.20. The second-order valence-corrected chi connectivity index (χ2v) is 9.97. The SMILES string of the molecule is Cc1ccc(S(=O)(=O)n2cc(B3OC(C)(C)C(C)(C)O3)c3ncccc32)cc1. The number of benzene rings is 1. The Bertz CT molecular complexity index is 1130. The average molecular weight is 398 g/mol. The van der Waals surface area contributed by atoms with Crippen molar-refractivity contribution in [2.75, 3.05) is 0 Å². The van der Waals surface area contributed by atoms with Gasteiger partial charge in [0.05, 0.1) is 27.1 Å². The molecule has 0 N–H and O–H groups in total. The number of aromatic nitrogens is 2. The van der Waals surface area contributed by atoms with Crippen molar-refractivity contribution in [3.63, 3.8) is 0 Å². The lowest BCUT2D eigenvalue weighted by atomic mass is 9.80. The van der Waals surface area contributed by atoms with Crippen LogP contribution in [0.1, 0.15) is 33.3 Å². The van der Waals surface area contributed by atoms with Gasteiger partial charge >= 0.3 is 7.12 Å². The zero-order valence-electron chi connectivity index (χ0n) is 16.6. The topological polar surface area (TPSA) is 70.4 Å². The van der Waals surface area contributed by atoms with Crippen LogP contribution in [0.15, 0.2) is 53.7 Å². The van der Waals surface area contributed by atoms with E-state index in [9.17, 15) is 8.42 Å². The molecule has 0 saturated carbocycles. The van der Waals surface area contributed by atoms with Crippen LogP contribution in [-0.2, 0) is 19.3 Å². The first-order valence-corrected chi connectivity index (χ1v) is 10.6. The molecule has 6 nitrogen and oxygen atoms in total. The van der Waals surface area contributed by atoms with Gasteiger partial charge in [-0.05, 0) is 58.9 Å². The third-order valence-electron chi connectivity index (χ3n) is 5.64. The van der Waals surface area contributed by atoms with Crippen molar-refractivity contribution in [3.8, 4) is 0 Å². The largest absolute Gasteiger partial charge is 0.498 e. The van der Waals surface area contributed by atoms with Crippen molar-refractivity contribution in [3.05, 3.63) is 54.4 Å². The van der Waals surface area contributed by atoms with Crippen molar-refractivity contribution >= 4 is 33.6 Å². The monoisotopic (exact) mass is 398 g/mol. The Hall–Kier alpha value is -2.16. The quantitative estimate of drug-likeness (QED) is 0.635. The van der Waals surface area contributed by atoms with Gasteiger partial charge in [-0.1, -0.05) is 17.7 Å². The van der Waals surface area contributed by atoms with Gasteiger partial charge in [0.2, 0.25) is 0 Å². The Morgan fingerprint density at radius 1 is 1.00 bits per heavy atom. The second kappa shape index (κ2) is 6.17. The Kier molecular flexibility index (Phi) is 4.23. The van der Waals surface area contributed by atoms with Crippen molar-refractivity contribution < 1.29 is 17.7 Å². The van der Waals surface area contributed by atoms with Crippen LogP contribution in [0.25, 0.3) is 11.0 Å². The summed E-state index contributed by atoms with van der Waals surface area (Å²) in [4.78, 5) is 4.64. The molecule has 1 saturated heterocycles. The molecule has 28 heavy (non-hydrogen) atoms. The molecule has 3 heterocycles. The predicted molar refractivity (Wildman–Crippen MR) is 109 cm³/mol. The zero-order valence-corrected chi connectivity index (χ0v) is 17.4. The molecule has 1 aromatic carbocycles. The average Bonchev–Trinajstić information content (AvgIpc) is 3.10. The third kappa shape index (κ3) is 2.87. The Labute approximate surface area is 165 Å². The fourth-order valence-corrected chi connectivity index (χ4v) is 4.59. The summed E-state index contributed by atoms with van der Waals surface area (Å²) in [6.45, 7) is 9.76. The van der Waals surface area contributed by atoms with Gasteiger partial charge in [-0.3, -0.25) is 4.98 Å². The van der Waals surface area contributed by atoms with Crippen molar-refractivity contribution in [1.29, 1.82) is 0 Å². The van der Waals surface area contributed by atoms with E-state index in [2.05, 4.69) is 4.98 Å². The summed E-state index contributed by atoms with van der Waals surface area (Å²) in [5, 5.41) is 0. The highest BCUT2D eigenvalue weighted by Gasteiger charge is 2.52. The number of hydrogen-bond acceptors (Lipinski definition) is 5. The maximum absolute atomic E-state index is 13.3. The van der Waals surface area contributed by atoms with Crippen molar-refractivity contribution in [1.82, 2.24) is 8.96 Å². The molecular formula is C20H23BN2O4S. The first-order chi connectivity index (χ1) is 13.0. The first-order valence-electron chi connectivity index (χ1n) is 9.17. The van der Waals surface area contributed by atoms with E-state index in [1.54, 1.807) is 48.8 Å². The lowest BCUT2D eigenvalue weighted by molar-refractivity contribution is 0.00578. The summed E-state index contributed by atoms with van der Waals surface area (Å²) in [5.41, 5.74) is 1.58. The molecule has 0 atom stereocenters. The number of nitrogens with zero attached hydrogens (tertiary/aromatic N) is 2. The van der Waals surface area contributed by atoms with E-state index in [0.717, 1.165) is 5.56 Å². The fraction of sp³-hybridized carbons (Fsp3) is 0.350. The van der Waals surface area contributed by atoms with Crippen LogP contribution < -0.4 is 5.46 Å². The summed E-state index contributed by atoms with van der Waals surface area (Å²) < 4.78 is 40.1. The molecule has 0 unspecified atom stereocenters. The number of pyridine rings is 1. The first kappa shape index (κ1) is 19.2.